The van der Waals surface area contributed by atoms with Crippen LogP contribution in [0.3, 0.4) is 0 Å². The van der Waals surface area contributed by atoms with Gasteiger partial charge in [0.1, 0.15) is 5.78 Å². The average Bonchev–Trinajstić information content (AvgIpc) is 1.97. The Hall–Kier alpha value is -0.840. The highest BCUT2D eigenvalue weighted by molar-refractivity contribution is 8.00. The third-order valence-corrected chi connectivity index (χ3v) is 2.34. The van der Waals surface area contributed by atoms with E-state index in [-0.39, 0.29) is 24.1 Å². The number of ketones is 1. The van der Waals surface area contributed by atoms with Crippen LogP contribution in [-0.4, -0.2) is 40.5 Å². The van der Waals surface area contributed by atoms with Gasteiger partial charge >= 0.3 is 0 Å². The van der Waals surface area contributed by atoms with Gasteiger partial charge in [-0.2, -0.15) is 0 Å². The maximum absolute atomic E-state index is 11.1. The van der Waals surface area contributed by atoms with Crippen LogP contribution in [0.1, 0.15) is 6.92 Å². The minimum atomic E-state index is -0.258. The topological polar surface area (TPSA) is 54.5 Å². The number of thioether (sulfide) groups is 1. The monoisotopic (exact) mass is 187 g/mol. The second-order valence-corrected chi connectivity index (χ2v) is 3.55. The smallest absolute Gasteiger partial charge is 0.239 e. The summed E-state index contributed by atoms with van der Waals surface area (Å²) in [6.45, 7) is 1.29. The lowest BCUT2D eigenvalue weighted by Crippen LogP contribution is -2.45. The maximum Gasteiger partial charge on any atom is 0.239 e. The zero-order chi connectivity index (χ0) is 9.14. The van der Waals surface area contributed by atoms with Crippen LogP contribution in [0, 0.1) is 0 Å². The molecule has 0 N–H and O–H groups in total. The van der Waals surface area contributed by atoms with Crippen molar-refractivity contribution in [2.75, 3.05) is 18.1 Å². The predicted molar refractivity (Wildman–Crippen MR) is 44.7 cm³/mol. The quantitative estimate of drug-likeness (QED) is 0.556. The number of carbonyl (C=O) groups excluding carboxylic acids is 3. The molecule has 4 nitrogen and oxygen atoms in total. The second-order valence-electron chi connectivity index (χ2n) is 2.57. The largest absolute Gasteiger partial charge is 0.298 e. The molecule has 1 rings (SSSR count). The third-order valence-electron chi connectivity index (χ3n) is 1.43. The molecule has 0 radical (unpaired) electrons. The Balaban J connectivity index is 2.63. The molecular weight excluding hydrogens is 178 g/mol. The van der Waals surface area contributed by atoms with Crippen LogP contribution >= 0.6 is 11.8 Å². The van der Waals surface area contributed by atoms with Gasteiger partial charge in [0.15, 0.2) is 0 Å². The minimum absolute atomic E-state index is 0.0712. The molecule has 1 aliphatic rings. The van der Waals surface area contributed by atoms with Crippen molar-refractivity contribution in [2.24, 2.45) is 0 Å². The average molecular weight is 187 g/mol. The Kier molecular flexibility index (Phi) is 2.86. The van der Waals surface area contributed by atoms with Gasteiger partial charge in [-0.25, -0.2) is 0 Å². The first-order valence-electron chi connectivity index (χ1n) is 3.51. The summed E-state index contributed by atoms with van der Waals surface area (Å²) in [5.74, 6) is -0.0700. The standard InChI is InChI=1S/C7H9NO3S/c1-5(9)2-8-6(10)3-12-4-7(8)11/h2-4H2,1H3. The van der Waals surface area contributed by atoms with E-state index in [9.17, 15) is 14.4 Å². The third kappa shape index (κ3) is 2.07. The van der Waals surface area contributed by atoms with E-state index in [0.717, 1.165) is 4.90 Å². The SMILES string of the molecule is CC(=O)CN1C(=O)CSCC1=O. The van der Waals surface area contributed by atoms with Crippen molar-refractivity contribution in [2.45, 2.75) is 6.92 Å². The van der Waals surface area contributed by atoms with Crippen molar-refractivity contribution >= 4 is 29.4 Å². The number of rotatable bonds is 2. The second kappa shape index (κ2) is 3.71. The molecule has 0 aromatic carbocycles. The van der Waals surface area contributed by atoms with E-state index in [1.165, 1.54) is 18.7 Å². The van der Waals surface area contributed by atoms with Crippen LogP contribution < -0.4 is 0 Å². The molecule has 66 valence electrons. The summed E-state index contributed by atoms with van der Waals surface area (Å²) in [6.07, 6.45) is 0. The fourth-order valence-electron chi connectivity index (χ4n) is 0.920. The van der Waals surface area contributed by atoms with Gasteiger partial charge in [0, 0.05) is 0 Å². The molecule has 0 aromatic heterocycles. The van der Waals surface area contributed by atoms with Crippen LogP contribution in [0.2, 0.25) is 0 Å². The zero-order valence-electron chi connectivity index (χ0n) is 6.70. The number of carbonyl (C=O) groups is 3. The Morgan fingerprint density at radius 2 is 1.92 bits per heavy atom. The van der Waals surface area contributed by atoms with E-state index in [0.29, 0.717) is 11.5 Å². The number of hydrogen-bond acceptors (Lipinski definition) is 4. The van der Waals surface area contributed by atoms with Crippen LogP contribution in [-0.2, 0) is 14.4 Å². The van der Waals surface area contributed by atoms with Gasteiger partial charge in [-0.15, -0.1) is 11.8 Å². The Morgan fingerprint density at radius 1 is 1.42 bits per heavy atom. The van der Waals surface area contributed by atoms with Crippen LogP contribution in [0.15, 0.2) is 0 Å². The fraction of sp³-hybridized carbons (Fsp3) is 0.571. The summed E-state index contributed by atoms with van der Waals surface area (Å²) in [6, 6.07) is 0. The van der Waals surface area contributed by atoms with Crippen molar-refractivity contribution in [1.29, 1.82) is 0 Å². The Morgan fingerprint density at radius 3 is 2.33 bits per heavy atom. The summed E-state index contributed by atoms with van der Waals surface area (Å²) >= 11 is 1.29. The molecule has 1 fully saturated rings. The highest BCUT2D eigenvalue weighted by atomic mass is 32.2. The highest BCUT2D eigenvalue weighted by Crippen LogP contribution is 2.11. The van der Waals surface area contributed by atoms with Crippen LogP contribution in [0.4, 0.5) is 0 Å². The molecule has 0 bridgehead atoms. The van der Waals surface area contributed by atoms with Crippen molar-refractivity contribution in [3.63, 3.8) is 0 Å². The van der Waals surface area contributed by atoms with Crippen molar-refractivity contribution in [3.8, 4) is 0 Å². The predicted octanol–water partition coefficient (Wildman–Crippen LogP) is -0.323. The first-order chi connectivity index (χ1) is 5.61. The summed E-state index contributed by atoms with van der Waals surface area (Å²) in [4.78, 5) is 33.8. The highest BCUT2D eigenvalue weighted by Gasteiger charge is 2.26. The first kappa shape index (κ1) is 9.25. The number of imide groups is 1. The molecule has 0 aromatic rings. The molecule has 0 spiro atoms. The molecule has 12 heavy (non-hydrogen) atoms. The fourth-order valence-corrected chi connectivity index (χ4v) is 1.68. The van der Waals surface area contributed by atoms with Gasteiger partial charge < -0.3 is 0 Å². The Labute approximate surface area is 74.3 Å². The van der Waals surface area contributed by atoms with E-state index >= 15 is 0 Å². The summed E-state index contributed by atoms with van der Waals surface area (Å²) in [5.41, 5.74) is 0. The van der Waals surface area contributed by atoms with Gasteiger partial charge in [-0.3, -0.25) is 19.3 Å². The van der Waals surface area contributed by atoms with Crippen LogP contribution in [0.25, 0.3) is 0 Å². The van der Waals surface area contributed by atoms with Crippen molar-refractivity contribution in [1.82, 2.24) is 4.90 Å². The summed E-state index contributed by atoms with van der Waals surface area (Å²) in [5, 5.41) is 0. The molecule has 1 aliphatic heterocycles. The van der Waals surface area contributed by atoms with E-state index in [4.69, 9.17) is 0 Å². The lowest BCUT2D eigenvalue weighted by atomic mass is 10.3. The number of amides is 2. The maximum atomic E-state index is 11.1. The van der Waals surface area contributed by atoms with Crippen molar-refractivity contribution in [3.05, 3.63) is 0 Å². The van der Waals surface area contributed by atoms with Gasteiger partial charge in [-0.1, -0.05) is 0 Å². The minimum Gasteiger partial charge on any atom is -0.298 e. The van der Waals surface area contributed by atoms with E-state index in [1.807, 2.05) is 0 Å². The van der Waals surface area contributed by atoms with Crippen molar-refractivity contribution < 1.29 is 14.4 Å². The molecule has 5 heteroatoms. The normalized spacial score (nSPS) is 18.2. The number of Topliss-reactive ketones (excluding diaryl/α,β-unsaturated/α-hetero) is 1. The molecule has 1 saturated heterocycles. The molecule has 1 heterocycles. The summed E-state index contributed by atoms with van der Waals surface area (Å²) < 4.78 is 0. The molecule has 2 amide bonds. The van der Waals surface area contributed by atoms with E-state index in [1.54, 1.807) is 0 Å². The van der Waals surface area contributed by atoms with E-state index in [2.05, 4.69) is 0 Å². The molecular formula is C7H9NO3S. The first-order valence-corrected chi connectivity index (χ1v) is 4.67. The molecule has 0 saturated carbocycles. The number of hydrogen-bond donors (Lipinski definition) is 0. The van der Waals surface area contributed by atoms with Gasteiger partial charge in [0.2, 0.25) is 11.8 Å². The van der Waals surface area contributed by atoms with E-state index < -0.39 is 0 Å². The molecule has 0 atom stereocenters. The molecule has 0 aliphatic carbocycles. The lowest BCUT2D eigenvalue weighted by Gasteiger charge is -2.22. The summed E-state index contributed by atoms with van der Waals surface area (Å²) in [7, 11) is 0. The van der Waals surface area contributed by atoms with Gasteiger partial charge in [-0.05, 0) is 6.92 Å². The van der Waals surface area contributed by atoms with Crippen LogP contribution in [0.5, 0.6) is 0 Å². The van der Waals surface area contributed by atoms with Gasteiger partial charge in [0.05, 0.1) is 18.1 Å². The zero-order valence-corrected chi connectivity index (χ0v) is 7.52. The lowest BCUT2D eigenvalue weighted by molar-refractivity contribution is -0.144. The number of nitrogens with zero attached hydrogens (tertiary/aromatic N) is 1. The molecule has 0 unspecified atom stereocenters. The Bertz CT molecular complexity index is 223. The van der Waals surface area contributed by atoms with Gasteiger partial charge in [0.25, 0.3) is 0 Å².